The molecule has 2 aromatic carbocycles. The highest BCUT2D eigenvalue weighted by molar-refractivity contribution is 6.33. The number of oxazole rings is 1. The summed E-state index contributed by atoms with van der Waals surface area (Å²) in [5.74, 6) is 1.35. The van der Waals surface area contributed by atoms with E-state index in [0.717, 1.165) is 35.5 Å². The topological polar surface area (TPSA) is 97.1 Å². The van der Waals surface area contributed by atoms with Gasteiger partial charge in [0.15, 0.2) is 17.9 Å². The van der Waals surface area contributed by atoms with Crippen molar-refractivity contribution >= 4 is 23.1 Å². The zero-order valence-corrected chi connectivity index (χ0v) is 21.7. The number of carbonyl (C=O) groups excluding carboxylic acids is 1. The Balaban J connectivity index is 1.10. The van der Waals surface area contributed by atoms with E-state index in [-0.39, 0.29) is 12.4 Å². The van der Waals surface area contributed by atoms with Gasteiger partial charge in [-0.15, -0.1) is 0 Å². The van der Waals surface area contributed by atoms with Crippen LogP contribution >= 0.6 is 11.6 Å². The number of ether oxygens (including phenoxy) is 2. The number of hydrogen-bond acceptors (Lipinski definition) is 8. The maximum absolute atomic E-state index is 12.7. The summed E-state index contributed by atoms with van der Waals surface area (Å²) in [5.41, 5.74) is 4.60. The predicted molar refractivity (Wildman–Crippen MR) is 140 cm³/mol. The molecule has 9 heteroatoms. The van der Waals surface area contributed by atoms with E-state index in [1.54, 1.807) is 0 Å². The standard InChI is InChI=1S/C28H32ClN3O5/c1-18-27(37-17-30-18)16-36-26-8-5-20-12-32(10-9-24(20)28(26)29)13-23(33)6-7-25(34)19-3-2-4-21(11-19)31-22-14-35-15-22/h2-5,8,11,17,22-23,31,33H,6-7,9-10,12-16H2,1H3/t23-/m0/s1. The van der Waals surface area contributed by atoms with Crippen molar-refractivity contribution in [3.05, 3.63) is 76.0 Å². The van der Waals surface area contributed by atoms with Gasteiger partial charge in [-0.1, -0.05) is 29.8 Å². The summed E-state index contributed by atoms with van der Waals surface area (Å²) in [7, 11) is 0. The van der Waals surface area contributed by atoms with Crippen LogP contribution in [0.2, 0.25) is 5.02 Å². The number of ketones is 1. The molecule has 0 saturated carbocycles. The number of Topliss-reactive ketones (excluding diaryl/α,β-unsaturated/α-hetero) is 1. The number of fused-ring (bicyclic) bond motifs is 1. The number of anilines is 1. The molecule has 1 aromatic heterocycles. The fraction of sp³-hybridized carbons (Fsp3) is 0.429. The van der Waals surface area contributed by atoms with Gasteiger partial charge in [0.25, 0.3) is 0 Å². The third kappa shape index (κ3) is 6.33. The largest absolute Gasteiger partial charge is 0.484 e. The molecule has 1 saturated heterocycles. The smallest absolute Gasteiger partial charge is 0.181 e. The first-order chi connectivity index (χ1) is 18.0. The molecule has 37 heavy (non-hydrogen) atoms. The van der Waals surface area contributed by atoms with Crippen LogP contribution in [0.4, 0.5) is 5.69 Å². The Labute approximate surface area is 221 Å². The molecule has 1 atom stereocenters. The Morgan fingerprint density at radius 3 is 2.95 bits per heavy atom. The second-order valence-corrected chi connectivity index (χ2v) is 10.1. The summed E-state index contributed by atoms with van der Waals surface area (Å²) in [5, 5.41) is 14.7. The van der Waals surface area contributed by atoms with E-state index in [4.69, 9.17) is 25.5 Å². The van der Waals surface area contributed by atoms with Gasteiger partial charge < -0.3 is 24.3 Å². The molecular formula is C28H32ClN3O5. The van der Waals surface area contributed by atoms with Gasteiger partial charge in [0.2, 0.25) is 0 Å². The van der Waals surface area contributed by atoms with Crippen LogP contribution in [0.3, 0.4) is 0 Å². The van der Waals surface area contributed by atoms with Crippen molar-refractivity contribution in [2.24, 2.45) is 0 Å². The van der Waals surface area contributed by atoms with Gasteiger partial charge in [-0.05, 0) is 49.1 Å². The number of carbonyl (C=O) groups is 1. The third-order valence-corrected chi connectivity index (χ3v) is 7.36. The summed E-state index contributed by atoms with van der Waals surface area (Å²) in [6.45, 7) is 5.51. The number of aromatic nitrogens is 1. The number of nitrogens with zero attached hydrogens (tertiary/aromatic N) is 2. The van der Waals surface area contributed by atoms with E-state index in [1.165, 1.54) is 6.39 Å². The Morgan fingerprint density at radius 1 is 1.32 bits per heavy atom. The van der Waals surface area contributed by atoms with Crippen molar-refractivity contribution < 1.29 is 23.8 Å². The van der Waals surface area contributed by atoms with E-state index >= 15 is 0 Å². The zero-order chi connectivity index (χ0) is 25.8. The summed E-state index contributed by atoms with van der Waals surface area (Å²) < 4.78 is 16.4. The van der Waals surface area contributed by atoms with Crippen molar-refractivity contribution in [3.63, 3.8) is 0 Å². The zero-order valence-electron chi connectivity index (χ0n) is 20.9. The Bertz CT molecular complexity index is 1240. The number of aliphatic hydroxyl groups is 1. The molecule has 0 unspecified atom stereocenters. The predicted octanol–water partition coefficient (Wildman–Crippen LogP) is 4.41. The summed E-state index contributed by atoms with van der Waals surface area (Å²) in [6.07, 6.45) is 2.32. The molecule has 0 bridgehead atoms. The molecule has 5 rings (SSSR count). The van der Waals surface area contributed by atoms with Crippen LogP contribution in [0.25, 0.3) is 0 Å². The molecular weight excluding hydrogens is 494 g/mol. The molecule has 2 aliphatic rings. The first-order valence-electron chi connectivity index (χ1n) is 12.7. The molecule has 2 N–H and O–H groups in total. The van der Waals surface area contributed by atoms with Crippen LogP contribution in [-0.4, -0.2) is 59.2 Å². The first kappa shape index (κ1) is 25.7. The Morgan fingerprint density at radius 2 is 2.19 bits per heavy atom. The van der Waals surface area contributed by atoms with Crippen molar-refractivity contribution in [1.29, 1.82) is 0 Å². The number of nitrogens with one attached hydrogen (secondary N) is 1. The minimum atomic E-state index is -0.581. The number of aryl methyl sites for hydroxylation is 1. The maximum Gasteiger partial charge on any atom is 0.181 e. The van der Waals surface area contributed by atoms with Crippen molar-refractivity contribution in [1.82, 2.24) is 9.88 Å². The number of aliphatic hydroxyl groups excluding tert-OH is 1. The number of β-amino-alcohol motifs (C(OH)–C–C–N with tert-alkyl or cyclic N) is 1. The second-order valence-electron chi connectivity index (χ2n) is 9.73. The van der Waals surface area contributed by atoms with Gasteiger partial charge in [-0.3, -0.25) is 9.69 Å². The molecule has 8 nitrogen and oxygen atoms in total. The van der Waals surface area contributed by atoms with E-state index in [9.17, 15) is 9.90 Å². The van der Waals surface area contributed by atoms with Crippen molar-refractivity contribution in [3.8, 4) is 5.75 Å². The highest BCUT2D eigenvalue weighted by Gasteiger charge is 2.23. The van der Waals surface area contributed by atoms with Gasteiger partial charge in [0, 0.05) is 37.3 Å². The molecule has 0 aliphatic carbocycles. The first-order valence-corrected chi connectivity index (χ1v) is 13.0. The molecule has 1 fully saturated rings. The molecule has 3 aromatic rings. The van der Waals surface area contributed by atoms with Crippen LogP contribution in [0.15, 0.2) is 47.2 Å². The lowest BCUT2D eigenvalue weighted by atomic mass is 9.98. The summed E-state index contributed by atoms with van der Waals surface area (Å²) in [6, 6.07) is 11.8. The Hall–Kier alpha value is -2.91. The van der Waals surface area contributed by atoms with Crippen LogP contribution in [0, 0.1) is 6.92 Å². The van der Waals surface area contributed by atoms with Gasteiger partial charge >= 0.3 is 0 Å². The van der Waals surface area contributed by atoms with Gasteiger partial charge in [0.05, 0.1) is 36.1 Å². The SMILES string of the molecule is Cc1ncoc1COc1ccc2c(c1Cl)CCN(C[C@@H](O)CCC(=O)c1cccc(NC3COC3)c1)C2. The lowest BCUT2D eigenvalue weighted by molar-refractivity contribution is 0.0211. The molecule has 0 radical (unpaired) electrons. The fourth-order valence-corrected chi connectivity index (χ4v) is 5.03. The van der Waals surface area contributed by atoms with Crippen LogP contribution < -0.4 is 10.1 Å². The Kier molecular flexibility index (Phi) is 8.10. The van der Waals surface area contributed by atoms with Gasteiger partial charge in [-0.25, -0.2) is 4.98 Å². The monoisotopic (exact) mass is 525 g/mol. The van der Waals surface area contributed by atoms with Crippen LogP contribution in [0.1, 0.15) is 45.8 Å². The lowest BCUT2D eigenvalue weighted by Gasteiger charge is -2.31. The second kappa shape index (κ2) is 11.6. The molecule has 196 valence electrons. The number of rotatable bonds is 11. The number of benzene rings is 2. The molecule has 0 spiro atoms. The quantitative estimate of drug-likeness (QED) is 0.355. The summed E-state index contributed by atoms with van der Waals surface area (Å²) in [4.78, 5) is 19.0. The van der Waals surface area contributed by atoms with E-state index in [0.29, 0.717) is 67.3 Å². The number of hydrogen-bond donors (Lipinski definition) is 2. The number of halogens is 1. The third-order valence-electron chi connectivity index (χ3n) is 6.95. The minimum Gasteiger partial charge on any atom is -0.484 e. The van der Waals surface area contributed by atoms with Gasteiger partial charge in [0.1, 0.15) is 12.4 Å². The van der Waals surface area contributed by atoms with E-state index in [1.807, 2.05) is 43.3 Å². The molecule has 0 amide bonds. The van der Waals surface area contributed by atoms with Crippen LogP contribution in [-0.2, 0) is 24.3 Å². The summed E-state index contributed by atoms with van der Waals surface area (Å²) >= 11 is 6.67. The highest BCUT2D eigenvalue weighted by Crippen LogP contribution is 2.34. The highest BCUT2D eigenvalue weighted by atomic mass is 35.5. The van der Waals surface area contributed by atoms with Gasteiger partial charge in [-0.2, -0.15) is 0 Å². The molecule has 2 aliphatic heterocycles. The average molecular weight is 526 g/mol. The van der Waals surface area contributed by atoms with E-state index < -0.39 is 6.10 Å². The average Bonchev–Trinajstić information content (AvgIpc) is 3.29. The minimum absolute atomic E-state index is 0.0383. The van der Waals surface area contributed by atoms with Crippen molar-refractivity contribution in [2.75, 3.05) is 31.6 Å². The molecule has 3 heterocycles. The van der Waals surface area contributed by atoms with Crippen LogP contribution in [0.5, 0.6) is 5.75 Å². The van der Waals surface area contributed by atoms with Crippen molar-refractivity contribution in [2.45, 2.75) is 51.5 Å². The lowest BCUT2D eigenvalue weighted by Crippen LogP contribution is -2.40. The van der Waals surface area contributed by atoms with E-state index in [2.05, 4.69) is 15.2 Å². The fourth-order valence-electron chi connectivity index (χ4n) is 4.69. The maximum atomic E-state index is 12.7. The normalized spacial score (nSPS) is 16.6.